The van der Waals surface area contributed by atoms with Crippen LogP contribution in [0.3, 0.4) is 0 Å². The number of likely N-dealkylation sites (tertiary alicyclic amines) is 1. The van der Waals surface area contributed by atoms with Crippen LogP contribution in [0.5, 0.6) is 0 Å². The van der Waals surface area contributed by atoms with Crippen molar-refractivity contribution in [2.24, 2.45) is 0 Å². The molecule has 1 saturated heterocycles. The van der Waals surface area contributed by atoms with Crippen molar-refractivity contribution in [3.8, 4) is 0 Å². The first-order valence-electron chi connectivity index (χ1n) is 3.08. The molecule has 0 amide bonds. The quantitative estimate of drug-likeness (QED) is 0.399. The highest BCUT2D eigenvalue weighted by atomic mass is 15.1. The molecule has 0 atom stereocenters. The fraction of sp³-hybridized carbons (Fsp3) is 1.00. The summed E-state index contributed by atoms with van der Waals surface area (Å²) in [4.78, 5) is 2.39. The van der Waals surface area contributed by atoms with Crippen molar-refractivity contribution in [3.63, 3.8) is 0 Å². The Morgan fingerprint density at radius 3 is 1.86 bits per heavy atom. The van der Waals surface area contributed by atoms with Gasteiger partial charge in [-0.15, -0.1) is 0 Å². The van der Waals surface area contributed by atoms with E-state index in [1.165, 1.54) is 32.4 Å². The van der Waals surface area contributed by atoms with E-state index in [0.717, 1.165) is 0 Å². The van der Waals surface area contributed by atoms with E-state index in [9.17, 15) is 0 Å². The summed E-state index contributed by atoms with van der Waals surface area (Å²) in [5.74, 6) is 0. The van der Waals surface area contributed by atoms with E-state index in [0.29, 0.717) is 0 Å². The van der Waals surface area contributed by atoms with Crippen LogP contribution in [0.25, 0.3) is 0 Å². The average Bonchev–Trinajstić information content (AvgIpc) is 1.69. The molecule has 0 bridgehead atoms. The third-order valence-corrected chi connectivity index (χ3v) is 1.58. The van der Waals surface area contributed by atoms with Gasteiger partial charge in [0.25, 0.3) is 0 Å². The van der Waals surface area contributed by atoms with Gasteiger partial charge in [-0.3, -0.25) is 0 Å². The standard InChI is InChI=1S/C6H13N/c1-7-5-3-2-4-6-7/h2-6H2,1H3/q+1. The largest absolute Gasteiger partial charge is 0.173 e. The van der Waals surface area contributed by atoms with Gasteiger partial charge in [-0.25, -0.2) is 0 Å². The fourth-order valence-electron chi connectivity index (χ4n) is 1.05. The van der Waals surface area contributed by atoms with Crippen LogP contribution < -0.4 is 4.90 Å². The maximum absolute atomic E-state index is 2.39. The summed E-state index contributed by atoms with van der Waals surface area (Å²) in [6.45, 7) is 2.64. The maximum Gasteiger partial charge on any atom is 0.122 e. The lowest BCUT2D eigenvalue weighted by Gasteiger charge is -2.10. The van der Waals surface area contributed by atoms with Gasteiger partial charge in [-0.2, -0.15) is 4.90 Å². The SMILES string of the molecule is C[N+]1CCCCC1. The van der Waals surface area contributed by atoms with Crippen molar-refractivity contribution in [1.82, 2.24) is 4.90 Å². The van der Waals surface area contributed by atoms with E-state index in [1.54, 1.807) is 0 Å². The Labute approximate surface area is 45.3 Å². The molecular weight excluding hydrogens is 86.1 g/mol. The van der Waals surface area contributed by atoms with Crippen molar-refractivity contribution in [1.29, 1.82) is 0 Å². The molecule has 0 saturated carbocycles. The molecule has 1 heteroatoms. The van der Waals surface area contributed by atoms with Crippen LogP contribution in [0.15, 0.2) is 0 Å². The number of piperidine rings is 1. The lowest BCUT2D eigenvalue weighted by Crippen LogP contribution is -2.30. The molecule has 0 aromatic carbocycles. The molecular formula is C6H13N+. The highest BCUT2D eigenvalue weighted by Gasteiger charge is 2.11. The molecule has 0 spiro atoms. The second-order valence-corrected chi connectivity index (χ2v) is 2.36. The highest BCUT2D eigenvalue weighted by Crippen LogP contribution is 2.02. The third kappa shape index (κ3) is 1.48. The minimum atomic E-state index is 1.32. The summed E-state index contributed by atoms with van der Waals surface area (Å²) in [6.07, 6.45) is 4.28. The average molecular weight is 99.2 g/mol. The Morgan fingerprint density at radius 2 is 1.57 bits per heavy atom. The van der Waals surface area contributed by atoms with E-state index in [2.05, 4.69) is 11.9 Å². The Morgan fingerprint density at radius 1 is 1.00 bits per heavy atom. The zero-order valence-corrected chi connectivity index (χ0v) is 4.98. The summed E-state index contributed by atoms with van der Waals surface area (Å²) < 4.78 is 0. The number of nitrogens with zero attached hydrogens (tertiary/aromatic N) is 1. The molecule has 41 valence electrons. The van der Waals surface area contributed by atoms with Crippen molar-refractivity contribution in [2.45, 2.75) is 19.3 Å². The molecule has 0 aromatic rings. The van der Waals surface area contributed by atoms with Gasteiger partial charge in [0, 0.05) is 12.8 Å². The van der Waals surface area contributed by atoms with Crippen LogP contribution in [0.1, 0.15) is 19.3 Å². The smallest absolute Gasteiger partial charge is 0.122 e. The van der Waals surface area contributed by atoms with Gasteiger partial charge in [0.15, 0.2) is 0 Å². The predicted octanol–water partition coefficient (Wildman–Crippen LogP) is 0.940. The minimum absolute atomic E-state index is 1.32. The zero-order chi connectivity index (χ0) is 5.11. The fourth-order valence-corrected chi connectivity index (χ4v) is 1.05. The second-order valence-electron chi connectivity index (χ2n) is 2.36. The van der Waals surface area contributed by atoms with Gasteiger partial charge in [0.1, 0.15) is 20.1 Å². The minimum Gasteiger partial charge on any atom is -0.173 e. The topological polar surface area (TPSA) is 5.90 Å². The van der Waals surface area contributed by atoms with Gasteiger partial charge in [-0.1, -0.05) is 0 Å². The Bertz CT molecular complexity index is 46.1. The highest BCUT2D eigenvalue weighted by molar-refractivity contribution is 4.63. The molecule has 0 N–H and O–H groups in total. The van der Waals surface area contributed by atoms with Crippen molar-refractivity contribution >= 4 is 0 Å². The van der Waals surface area contributed by atoms with Gasteiger partial charge >= 0.3 is 0 Å². The number of hydrogen-bond donors (Lipinski definition) is 0. The van der Waals surface area contributed by atoms with Gasteiger partial charge < -0.3 is 0 Å². The second kappa shape index (κ2) is 2.31. The summed E-state index contributed by atoms with van der Waals surface area (Å²) in [5, 5.41) is 0. The summed E-state index contributed by atoms with van der Waals surface area (Å²) in [6, 6.07) is 0. The van der Waals surface area contributed by atoms with Crippen molar-refractivity contribution in [3.05, 3.63) is 0 Å². The molecule has 1 rings (SSSR count). The molecule has 1 aliphatic rings. The van der Waals surface area contributed by atoms with Crippen LogP contribution in [0, 0.1) is 0 Å². The first-order chi connectivity index (χ1) is 3.39. The Hall–Kier alpha value is -0.0400. The molecule has 1 nitrogen and oxygen atoms in total. The van der Waals surface area contributed by atoms with E-state index < -0.39 is 0 Å². The summed E-state index contributed by atoms with van der Waals surface area (Å²) in [7, 11) is 2.19. The van der Waals surface area contributed by atoms with E-state index in [1.807, 2.05) is 0 Å². The lowest BCUT2D eigenvalue weighted by molar-refractivity contribution is 0.389. The monoisotopic (exact) mass is 99.1 g/mol. The van der Waals surface area contributed by atoms with E-state index >= 15 is 0 Å². The number of rotatable bonds is 0. The molecule has 1 fully saturated rings. The van der Waals surface area contributed by atoms with Crippen LogP contribution in [-0.4, -0.2) is 20.1 Å². The molecule has 0 unspecified atom stereocenters. The molecule has 1 aliphatic heterocycles. The van der Waals surface area contributed by atoms with Crippen molar-refractivity contribution < 1.29 is 0 Å². The van der Waals surface area contributed by atoms with Crippen LogP contribution in [-0.2, 0) is 0 Å². The first-order valence-corrected chi connectivity index (χ1v) is 3.08. The van der Waals surface area contributed by atoms with E-state index in [-0.39, 0.29) is 0 Å². The van der Waals surface area contributed by atoms with Crippen LogP contribution in [0.4, 0.5) is 0 Å². The molecule has 1 heterocycles. The normalized spacial score (nSPS) is 25.3. The molecule has 7 heavy (non-hydrogen) atoms. The van der Waals surface area contributed by atoms with Gasteiger partial charge in [0.05, 0.1) is 0 Å². The molecule has 1 radical (unpaired) electrons. The summed E-state index contributed by atoms with van der Waals surface area (Å²) in [5.41, 5.74) is 0. The summed E-state index contributed by atoms with van der Waals surface area (Å²) >= 11 is 0. The van der Waals surface area contributed by atoms with Crippen LogP contribution in [0.2, 0.25) is 0 Å². The van der Waals surface area contributed by atoms with Crippen molar-refractivity contribution in [2.75, 3.05) is 20.1 Å². The lowest BCUT2D eigenvalue weighted by atomic mass is 10.1. The van der Waals surface area contributed by atoms with E-state index in [4.69, 9.17) is 0 Å². The zero-order valence-electron chi connectivity index (χ0n) is 4.98. The Balaban J connectivity index is 2.12. The van der Waals surface area contributed by atoms with Crippen LogP contribution >= 0.6 is 0 Å². The van der Waals surface area contributed by atoms with Gasteiger partial charge in [0.2, 0.25) is 0 Å². The first kappa shape index (κ1) is 5.10. The Kier molecular flexibility index (Phi) is 1.69. The predicted molar refractivity (Wildman–Crippen MR) is 31.6 cm³/mol. The molecule has 0 aliphatic carbocycles. The maximum atomic E-state index is 2.39. The number of hydrogen-bond acceptors (Lipinski definition) is 1. The molecule has 0 aromatic heterocycles. The third-order valence-electron chi connectivity index (χ3n) is 1.58. The van der Waals surface area contributed by atoms with Gasteiger partial charge in [-0.05, 0) is 6.42 Å².